The maximum absolute atomic E-state index is 12.8. The summed E-state index contributed by atoms with van der Waals surface area (Å²) in [6.07, 6.45) is 4.95. The summed E-state index contributed by atoms with van der Waals surface area (Å²) in [7, 11) is 0. The van der Waals surface area contributed by atoms with Crippen molar-refractivity contribution in [3.05, 3.63) is 23.3 Å². The highest BCUT2D eigenvalue weighted by atomic mass is 16.7. The topological polar surface area (TPSA) is 141 Å². The molecule has 11 nitrogen and oxygen atoms in total. The van der Waals surface area contributed by atoms with Gasteiger partial charge in [-0.3, -0.25) is 24.0 Å². The lowest BCUT2D eigenvalue weighted by Gasteiger charge is -2.59. The highest BCUT2D eigenvalue weighted by Crippen LogP contribution is 2.66. The van der Waals surface area contributed by atoms with Crippen molar-refractivity contribution >= 4 is 29.7 Å². The van der Waals surface area contributed by atoms with E-state index < -0.39 is 48.6 Å². The summed E-state index contributed by atoms with van der Waals surface area (Å²) in [5.74, 6) is -0.652. The third-order valence-electron chi connectivity index (χ3n) is 12.8. The van der Waals surface area contributed by atoms with E-state index in [1.807, 2.05) is 6.08 Å². The van der Waals surface area contributed by atoms with Crippen molar-refractivity contribution in [3.8, 4) is 0 Å². The Morgan fingerprint density at radius 1 is 0.827 bits per heavy atom. The highest BCUT2D eigenvalue weighted by Gasteiger charge is 2.61. The van der Waals surface area contributed by atoms with E-state index in [4.69, 9.17) is 28.4 Å². The standard InChI is InChI=1S/C41H60O11/c1-21(2)17-28(46)18-22(3)31-11-12-32-30-20-35(48-24(5)42)34-19-29(13-15-41(34,10)33(30)14-16-40(31,32)9)52-39-38(51-27(8)45)37(50-26(7)44)36(23(4)47-39)49-25(6)43/h14,18,21,23,29-32,34-39H,11-13,15-17,19-20H2,1-10H3. The van der Waals surface area contributed by atoms with Gasteiger partial charge in [0.1, 0.15) is 6.10 Å². The lowest BCUT2D eigenvalue weighted by Crippen LogP contribution is -2.62. The second-order valence-electron chi connectivity index (χ2n) is 17.0. The second kappa shape index (κ2) is 15.7. The van der Waals surface area contributed by atoms with Gasteiger partial charge >= 0.3 is 23.9 Å². The van der Waals surface area contributed by atoms with E-state index in [9.17, 15) is 24.0 Å². The number of ether oxygens (including phenoxy) is 6. The van der Waals surface area contributed by atoms with Crippen LogP contribution in [0.2, 0.25) is 0 Å². The minimum Gasteiger partial charge on any atom is -0.462 e. The summed E-state index contributed by atoms with van der Waals surface area (Å²) < 4.78 is 35.7. The fourth-order valence-electron chi connectivity index (χ4n) is 10.8. The smallest absolute Gasteiger partial charge is 0.303 e. The first-order chi connectivity index (χ1) is 24.3. The van der Waals surface area contributed by atoms with E-state index in [0.717, 1.165) is 32.1 Å². The van der Waals surface area contributed by atoms with E-state index in [-0.39, 0.29) is 46.6 Å². The Balaban J connectivity index is 1.40. The minimum absolute atomic E-state index is 0.0142. The van der Waals surface area contributed by atoms with Crippen molar-refractivity contribution in [1.82, 2.24) is 0 Å². The van der Waals surface area contributed by atoms with Gasteiger partial charge in [0.25, 0.3) is 0 Å². The van der Waals surface area contributed by atoms with Crippen molar-refractivity contribution in [3.63, 3.8) is 0 Å². The van der Waals surface area contributed by atoms with Crippen LogP contribution in [0.5, 0.6) is 0 Å². The van der Waals surface area contributed by atoms with Crippen molar-refractivity contribution in [2.45, 2.75) is 164 Å². The molecule has 0 radical (unpaired) electrons. The summed E-state index contributed by atoms with van der Waals surface area (Å²) in [5.41, 5.74) is 2.43. The van der Waals surface area contributed by atoms with Gasteiger partial charge in [-0.25, -0.2) is 0 Å². The number of fused-ring (bicyclic) bond motifs is 5. The van der Waals surface area contributed by atoms with Gasteiger partial charge in [-0.1, -0.05) is 44.9 Å². The fraction of sp³-hybridized carbons (Fsp3) is 0.780. The second-order valence-corrected chi connectivity index (χ2v) is 17.0. The van der Waals surface area contributed by atoms with Gasteiger partial charge in [-0.2, -0.15) is 0 Å². The summed E-state index contributed by atoms with van der Waals surface area (Å²) in [6.45, 7) is 17.9. The number of ketones is 1. The number of carbonyl (C=O) groups excluding carboxylic acids is 5. The van der Waals surface area contributed by atoms with Crippen LogP contribution in [0.4, 0.5) is 0 Å². The van der Waals surface area contributed by atoms with Crippen LogP contribution in [0.1, 0.15) is 121 Å². The summed E-state index contributed by atoms with van der Waals surface area (Å²) >= 11 is 0. The molecule has 52 heavy (non-hydrogen) atoms. The molecule has 4 aliphatic carbocycles. The van der Waals surface area contributed by atoms with Crippen LogP contribution in [0.3, 0.4) is 0 Å². The Bertz CT molecular complexity index is 1460. The van der Waals surface area contributed by atoms with E-state index in [2.05, 4.69) is 40.7 Å². The van der Waals surface area contributed by atoms with E-state index in [1.54, 1.807) is 6.92 Å². The molecule has 0 N–H and O–H groups in total. The SMILES string of the molecule is CC(=O)OC1CC2C(=CCC3(C)C(C(C)=CC(=O)CC(C)C)CCC23)C2(C)CCC(OC3OC(C)C(OC(C)=O)C(OC(C)=O)C3OC(C)=O)CC12. The van der Waals surface area contributed by atoms with Crippen LogP contribution in [-0.4, -0.2) is 72.6 Å². The lowest BCUT2D eigenvalue weighted by molar-refractivity contribution is -0.314. The zero-order chi connectivity index (χ0) is 38.3. The molecule has 290 valence electrons. The molecule has 4 fully saturated rings. The normalized spacial score (nSPS) is 40.0. The maximum atomic E-state index is 12.8. The molecule has 5 rings (SSSR count). The number of rotatable bonds is 10. The fourth-order valence-corrected chi connectivity index (χ4v) is 10.8. The first-order valence-electron chi connectivity index (χ1n) is 19.2. The van der Waals surface area contributed by atoms with Crippen molar-refractivity contribution in [1.29, 1.82) is 0 Å². The maximum Gasteiger partial charge on any atom is 0.303 e. The quantitative estimate of drug-likeness (QED) is 0.0791. The minimum atomic E-state index is -1.18. The number of hydrogen-bond donors (Lipinski definition) is 0. The number of esters is 4. The molecule has 3 saturated carbocycles. The molecule has 0 aromatic carbocycles. The van der Waals surface area contributed by atoms with Crippen LogP contribution in [0.15, 0.2) is 23.3 Å². The van der Waals surface area contributed by atoms with E-state index in [1.165, 1.54) is 38.8 Å². The summed E-state index contributed by atoms with van der Waals surface area (Å²) in [4.78, 5) is 61.8. The molecule has 5 aliphatic rings. The zero-order valence-corrected chi connectivity index (χ0v) is 32.7. The molecule has 0 spiro atoms. The van der Waals surface area contributed by atoms with Crippen LogP contribution >= 0.6 is 0 Å². The molecule has 0 amide bonds. The molecule has 1 saturated heterocycles. The Morgan fingerprint density at radius 3 is 2.06 bits per heavy atom. The molecule has 13 atom stereocenters. The third kappa shape index (κ3) is 8.20. The van der Waals surface area contributed by atoms with Crippen LogP contribution in [-0.2, 0) is 52.4 Å². The molecular weight excluding hydrogens is 668 g/mol. The van der Waals surface area contributed by atoms with Crippen molar-refractivity contribution < 1.29 is 52.4 Å². The van der Waals surface area contributed by atoms with E-state index in [0.29, 0.717) is 37.0 Å². The van der Waals surface area contributed by atoms with Gasteiger partial charge in [-0.05, 0) is 99.4 Å². The Kier molecular flexibility index (Phi) is 12.1. The van der Waals surface area contributed by atoms with Gasteiger partial charge in [0.05, 0.1) is 12.2 Å². The molecule has 0 aromatic heterocycles. The average Bonchev–Trinajstić information content (AvgIpc) is 3.37. The molecule has 0 bridgehead atoms. The molecule has 13 unspecified atom stereocenters. The van der Waals surface area contributed by atoms with Crippen LogP contribution < -0.4 is 0 Å². The molecular formula is C41H60O11. The first kappa shape index (κ1) is 40.1. The zero-order valence-electron chi connectivity index (χ0n) is 32.7. The summed E-state index contributed by atoms with van der Waals surface area (Å²) in [5, 5.41) is 0. The molecule has 1 aliphatic heterocycles. The van der Waals surface area contributed by atoms with Gasteiger partial charge in [0.15, 0.2) is 30.4 Å². The molecule has 0 aromatic rings. The van der Waals surface area contributed by atoms with Gasteiger partial charge < -0.3 is 28.4 Å². The molecule has 1 heterocycles. The van der Waals surface area contributed by atoms with Crippen molar-refractivity contribution in [2.24, 2.45) is 40.4 Å². The predicted molar refractivity (Wildman–Crippen MR) is 190 cm³/mol. The van der Waals surface area contributed by atoms with Gasteiger partial charge in [-0.15, -0.1) is 0 Å². The number of allylic oxidation sites excluding steroid dienone is 4. The van der Waals surface area contributed by atoms with Gasteiger partial charge in [0, 0.05) is 40.0 Å². The molecule has 11 heteroatoms. The highest BCUT2D eigenvalue weighted by molar-refractivity contribution is 5.90. The van der Waals surface area contributed by atoms with Gasteiger partial charge in [0.2, 0.25) is 0 Å². The monoisotopic (exact) mass is 728 g/mol. The Labute approximate surface area is 308 Å². The van der Waals surface area contributed by atoms with Crippen molar-refractivity contribution in [2.75, 3.05) is 0 Å². The average molecular weight is 729 g/mol. The van der Waals surface area contributed by atoms with Crippen LogP contribution in [0.25, 0.3) is 0 Å². The van der Waals surface area contributed by atoms with Crippen LogP contribution in [0, 0.1) is 40.4 Å². The van der Waals surface area contributed by atoms with E-state index >= 15 is 0 Å². The third-order valence-corrected chi connectivity index (χ3v) is 12.8. The largest absolute Gasteiger partial charge is 0.462 e. The Morgan fingerprint density at radius 2 is 1.44 bits per heavy atom. The number of hydrogen-bond acceptors (Lipinski definition) is 11. The lowest BCUT2D eigenvalue weighted by atomic mass is 9.47. The summed E-state index contributed by atoms with van der Waals surface area (Å²) in [6, 6.07) is 0. The predicted octanol–water partition coefficient (Wildman–Crippen LogP) is 6.59. The number of carbonyl (C=O) groups is 5. The Hall–Kier alpha value is -3.05. The first-order valence-corrected chi connectivity index (χ1v) is 19.2.